The molecule has 1 N–H and O–H groups in total. The highest BCUT2D eigenvalue weighted by Crippen LogP contribution is 2.20. The lowest BCUT2D eigenvalue weighted by Gasteiger charge is -2.13. The van der Waals surface area contributed by atoms with Crippen molar-refractivity contribution in [1.29, 1.82) is 0 Å². The highest BCUT2D eigenvalue weighted by Gasteiger charge is 2.27. The lowest BCUT2D eigenvalue weighted by molar-refractivity contribution is -0.115. The fourth-order valence-corrected chi connectivity index (χ4v) is 2.61. The van der Waals surface area contributed by atoms with Crippen molar-refractivity contribution in [3.05, 3.63) is 41.4 Å². The van der Waals surface area contributed by atoms with Gasteiger partial charge in [-0.25, -0.2) is 8.42 Å². The van der Waals surface area contributed by atoms with Gasteiger partial charge in [0.1, 0.15) is 5.25 Å². The largest absolute Gasteiger partial charge is 0.325 e. The van der Waals surface area contributed by atoms with Gasteiger partial charge in [0.25, 0.3) is 0 Å². The molecule has 6 heteroatoms. The maximum atomic E-state index is 11.9. The Kier molecular flexibility index (Phi) is 5.14. The van der Waals surface area contributed by atoms with Crippen LogP contribution in [0.2, 0.25) is 5.02 Å². The first-order valence-electron chi connectivity index (χ1n) is 5.67. The molecule has 0 saturated heterocycles. The minimum Gasteiger partial charge on any atom is -0.325 e. The van der Waals surface area contributed by atoms with Crippen LogP contribution in [0.3, 0.4) is 0 Å². The molecule has 1 rings (SSSR count). The highest BCUT2D eigenvalue weighted by molar-refractivity contribution is 7.92. The molecule has 0 aliphatic rings. The molecule has 0 radical (unpaired) electrons. The van der Waals surface area contributed by atoms with Crippen molar-refractivity contribution in [2.45, 2.75) is 19.1 Å². The minimum atomic E-state index is -3.52. The molecular weight excluding hydrogens is 286 g/mol. The number of aryl methyl sites for hydroxylation is 1. The molecule has 0 aromatic heterocycles. The van der Waals surface area contributed by atoms with Gasteiger partial charge in [0.15, 0.2) is 9.84 Å². The van der Waals surface area contributed by atoms with Gasteiger partial charge in [-0.05, 0) is 31.5 Å². The summed E-state index contributed by atoms with van der Waals surface area (Å²) in [5.74, 6) is -0.803. The van der Waals surface area contributed by atoms with Crippen LogP contribution in [0, 0.1) is 6.92 Å². The third kappa shape index (κ3) is 4.08. The normalized spacial score (nSPS) is 12.8. The molecule has 1 unspecified atom stereocenters. The Morgan fingerprint density at radius 1 is 1.53 bits per heavy atom. The lowest BCUT2D eigenvalue weighted by atomic mass is 10.2. The molecule has 0 spiro atoms. The number of sulfone groups is 1. The highest BCUT2D eigenvalue weighted by atomic mass is 35.5. The van der Waals surface area contributed by atoms with Gasteiger partial charge >= 0.3 is 0 Å². The van der Waals surface area contributed by atoms with Crippen LogP contribution < -0.4 is 5.32 Å². The van der Waals surface area contributed by atoms with Gasteiger partial charge in [-0.2, -0.15) is 0 Å². The zero-order valence-electron chi connectivity index (χ0n) is 10.8. The van der Waals surface area contributed by atoms with Crippen LogP contribution in [0.25, 0.3) is 0 Å². The average molecular weight is 302 g/mol. The summed E-state index contributed by atoms with van der Waals surface area (Å²) in [5, 5.41) is 1.92. The molecule has 0 aliphatic carbocycles. The lowest BCUT2D eigenvalue weighted by Crippen LogP contribution is -2.33. The summed E-state index contributed by atoms with van der Waals surface area (Å²) >= 11 is 5.84. The van der Waals surface area contributed by atoms with E-state index in [1.165, 1.54) is 13.0 Å². The first kappa shape index (κ1) is 15.7. The Morgan fingerprint density at radius 3 is 2.74 bits per heavy atom. The van der Waals surface area contributed by atoms with Crippen molar-refractivity contribution in [2.75, 3.05) is 11.1 Å². The zero-order valence-corrected chi connectivity index (χ0v) is 12.4. The number of anilines is 1. The molecule has 0 saturated carbocycles. The van der Waals surface area contributed by atoms with E-state index in [-0.39, 0.29) is 5.75 Å². The average Bonchev–Trinajstić information content (AvgIpc) is 2.32. The molecular formula is C13H16ClNO3S. The van der Waals surface area contributed by atoms with E-state index >= 15 is 0 Å². The van der Waals surface area contributed by atoms with E-state index in [0.717, 1.165) is 5.56 Å². The molecule has 1 aromatic rings. The van der Waals surface area contributed by atoms with Crippen molar-refractivity contribution >= 4 is 33.0 Å². The number of carbonyl (C=O) groups excluding carboxylic acids is 1. The Morgan fingerprint density at radius 2 is 2.16 bits per heavy atom. The number of carbonyl (C=O) groups is 1. The molecule has 1 amide bonds. The summed E-state index contributed by atoms with van der Waals surface area (Å²) < 4.78 is 23.5. The van der Waals surface area contributed by atoms with E-state index in [4.69, 9.17) is 11.6 Å². The summed E-state index contributed by atoms with van der Waals surface area (Å²) in [4.78, 5) is 11.9. The molecule has 1 atom stereocenters. The van der Waals surface area contributed by atoms with Crippen LogP contribution in [-0.4, -0.2) is 25.3 Å². The van der Waals surface area contributed by atoms with Crippen LogP contribution in [-0.2, 0) is 14.6 Å². The SMILES string of the molecule is C=CCS(=O)(=O)C(C)C(=O)Nc1cc(Cl)ccc1C. The summed E-state index contributed by atoms with van der Waals surface area (Å²) in [6, 6.07) is 5.03. The first-order valence-corrected chi connectivity index (χ1v) is 7.76. The van der Waals surface area contributed by atoms with Crippen LogP contribution >= 0.6 is 11.6 Å². The zero-order chi connectivity index (χ0) is 14.6. The molecule has 1 aromatic carbocycles. The van der Waals surface area contributed by atoms with E-state index in [1.54, 1.807) is 25.1 Å². The summed E-state index contributed by atoms with van der Waals surface area (Å²) in [7, 11) is -3.52. The molecule has 0 aliphatic heterocycles. The maximum Gasteiger partial charge on any atom is 0.242 e. The second-order valence-corrected chi connectivity index (χ2v) is 7.01. The summed E-state index contributed by atoms with van der Waals surface area (Å²) in [6.45, 7) is 6.52. The van der Waals surface area contributed by atoms with E-state index in [1.807, 2.05) is 0 Å². The third-order valence-corrected chi connectivity index (χ3v) is 4.94. The predicted molar refractivity (Wildman–Crippen MR) is 78.3 cm³/mol. The minimum absolute atomic E-state index is 0.226. The maximum absolute atomic E-state index is 11.9. The van der Waals surface area contributed by atoms with Crippen molar-refractivity contribution < 1.29 is 13.2 Å². The molecule has 0 bridgehead atoms. The number of benzene rings is 1. The van der Waals surface area contributed by atoms with Crippen molar-refractivity contribution in [2.24, 2.45) is 0 Å². The van der Waals surface area contributed by atoms with Crippen LogP contribution in [0.1, 0.15) is 12.5 Å². The topological polar surface area (TPSA) is 63.2 Å². The second-order valence-electron chi connectivity index (χ2n) is 4.21. The monoisotopic (exact) mass is 301 g/mol. The number of halogens is 1. The van der Waals surface area contributed by atoms with Gasteiger partial charge in [-0.15, -0.1) is 6.58 Å². The van der Waals surface area contributed by atoms with Gasteiger partial charge in [-0.3, -0.25) is 4.79 Å². The third-order valence-electron chi connectivity index (χ3n) is 2.72. The number of hydrogen-bond donors (Lipinski definition) is 1. The Bertz CT molecular complexity index is 596. The fourth-order valence-electron chi connectivity index (χ4n) is 1.43. The van der Waals surface area contributed by atoms with Gasteiger partial charge < -0.3 is 5.32 Å². The van der Waals surface area contributed by atoms with Crippen molar-refractivity contribution in [3.8, 4) is 0 Å². The smallest absolute Gasteiger partial charge is 0.242 e. The summed E-state index contributed by atoms with van der Waals surface area (Å²) in [6.07, 6.45) is 1.27. The fraction of sp³-hybridized carbons (Fsp3) is 0.308. The molecule has 0 fully saturated rings. The molecule has 19 heavy (non-hydrogen) atoms. The van der Waals surface area contributed by atoms with Gasteiger partial charge in [0.05, 0.1) is 5.75 Å². The molecule has 0 heterocycles. The number of nitrogens with one attached hydrogen (secondary N) is 1. The second kappa shape index (κ2) is 6.21. The van der Waals surface area contributed by atoms with E-state index < -0.39 is 21.0 Å². The Labute approximate surface area is 118 Å². The van der Waals surface area contributed by atoms with Crippen LogP contribution in [0.4, 0.5) is 5.69 Å². The van der Waals surface area contributed by atoms with Gasteiger partial charge in [-0.1, -0.05) is 23.7 Å². The first-order chi connectivity index (χ1) is 8.77. The van der Waals surface area contributed by atoms with E-state index in [0.29, 0.717) is 10.7 Å². The summed E-state index contributed by atoms with van der Waals surface area (Å²) in [5.41, 5.74) is 1.32. The van der Waals surface area contributed by atoms with E-state index in [9.17, 15) is 13.2 Å². The van der Waals surface area contributed by atoms with Crippen LogP contribution in [0.5, 0.6) is 0 Å². The van der Waals surface area contributed by atoms with Gasteiger partial charge in [0, 0.05) is 10.7 Å². The number of amides is 1. The van der Waals surface area contributed by atoms with Gasteiger partial charge in [0.2, 0.25) is 5.91 Å². The quantitative estimate of drug-likeness (QED) is 0.850. The number of rotatable bonds is 5. The standard InChI is InChI=1S/C13H16ClNO3S/c1-4-7-19(17,18)10(3)13(16)15-12-8-11(14)6-5-9(12)2/h4-6,8,10H,1,7H2,2-3H3,(H,15,16). The Hall–Kier alpha value is -1.33. The van der Waals surface area contributed by atoms with E-state index in [2.05, 4.69) is 11.9 Å². The number of hydrogen-bond acceptors (Lipinski definition) is 3. The van der Waals surface area contributed by atoms with Crippen molar-refractivity contribution in [3.63, 3.8) is 0 Å². The van der Waals surface area contributed by atoms with Crippen LogP contribution in [0.15, 0.2) is 30.9 Å². The predicted octanol–water partition coefficient (Wildman–Crippen LogP) is 2.58. The van der Waals surface area contributed by atoms with Crippen molar-refractivity contribution in [1.82, 2.24) is 0 Å². The molecule has 104 valence electrons. The molecule has 4 nitrogen and oxygen atoms in total. The Balaban J connectivity index is 2.91.